The average Bonchev–Trinajstić information content (AvgIpc) is 2.54. The van der Waals surface area contributed by atoms with Gasteiger partial charge in [0.1, 0.15) is 5.75 Å². The second kappa shape index (κ2) is 8.95. The molecule has 1 N–H and O–H groups in total. The van der Waals surface area contributed by atoms with E-state index in [1.807, 2.05) is 38.1 Å². The predicted molar refractivity (Wildman–Crippen MR) is 95.8 cm³/mol. The molecule has 0 aliphatic heterocycles. The normalized spacial score (nSPS) is 21.2. The van der Waals surface area contributed by atoms with E-state index in [2.05, 4.69) is 12.2 Å². The SMILES string of the molecule is CCCCC1CCC(C(=O)Nc2ccc(OC(C)C)cc2)CC1. The molecule has 3 nitrogen and oxygen atoms in total. The van der Waals surface area contributed by atoms with Gasteiger partial charge in [0.25, 0.3) is 0 Å². The molecule has 0 saturated heterocycles. The van der Waals surface area contributed by atoms with Crippen molar-refractivity contribution in [3.8, 4) is 5.75 Å². The maximum atomic E-state index is 12.4. The summed E-state index contributed by atoms with van der Waals surface area (Å²) in [6, 6.07) is 7.67. The summed E-state index contributed by atoms with van der Waals surface area (Å²) in [6.45, 7) is 6.26. The zero-order valence-electron chi connectivity index (χ0n) is 14.8. The van der Waals surface area contributed by atoms with Crippen molar-refractivity contribution in [1.29, 1.82) is 0 Å². The number of carbonyl (C=O) groups is 1. The molecular formula is C20H31NO2. The molecule has 0 spiro atoms. The van der Waals surface area contributed by atoms with Gasteiger partial charge in [0.15, 0.2) is 0 Å². The highest BCUT2D eigenvalue weighted by molar-refractivity contribution is 5.92. The third kappa shape index (κ3) is 5.89. The van der Waals surface area contributed by atoms with Gasteiger partial charge in [-0.05, 0) is 69.7 Å². The molecule has 1 aromatic carbocycles. The number of ether oxygens (including phenoxy) is 1. The lowest BCUT2D eigenvalue weighted by Crippen LogP contribution is -2.27. The van der Waals surface area contributed by atoms with Crippen molar-refractivity contribution >= 4 is 11.6 Å². The Bertz CT molecular complexity index is 473. The molecule has 1 aromatic rings. The van der Waals surface area contributed by atoms with E-state index in [1.165, 1.54) is 32.1 Å². The summed E-state index contributed by atoms with van der Waals surface area (Å²) in [7, 11) is 0. The number of unbranched alkanes of at least 4 members (excludes halogenated alkanes) is 1. The van der Waals surface area contributed by atoms with Crippen molar-refractivity contribution in [3.05, 3.63) is 24.3 Å². The molecule has 0 heterocycles. The van der Waals surface area contributed by atoms with Gasteiger partial charge in [0.05, 0.1) is 6.10 Å². The Hall–Kier alpha value is -1.51. The summed E-state index contributed by atoms with van der Waals surface area (Å²) >= 11 is 0. The highest BCUT2D eigenvalue weighted by Gasteiger charge is 2.25. The fraction of sp³-hybridized carbons (Fsp3) is 0.650. The summed E-state index contributed by atoms with van der Waals surface area (Å²) in [6.07, 6.45) is 8.59. The molecule has 1 saturated carbocycles. The lowest BCUT2D eigenvalue weighted by molar-refractivity contribution is -0.121. The van der Waals surface area contributed by atoms with Gasteiger partial charge in [-0.25, -0.2) is 0 Å². The van der Waals surface area contributed by atoms with Gasteiger partial charge in [-0.1, -0.05) is 26.2 Å². The van der Waals surface area contributed by atoms with Crippen LogP contribution in [0.1, 0.15) is 65.7 Å². The van der Waals surface area contributed by atoms with E-state index in [1.54, 1.807) is 0 Å². The number of amides is 1. The molecule has 1 fully saturated rings. The Morgan fingerprint density at radius 1 is 1.17 bits per heavy atom. The Kier molecular flexibility index (Phi) is 6.94. The maximum absolute atomic E-state index is 12.4. The van der Waals surface area contributed by atoms with E-state index < -0.39 is 0 Å². The van der Waals surface area contributed by atoms with Crippen LogP contribution < -0.4 is 10.1 Å². The number of benzene rings is 1. The minimum absolute atomic E-state index is 0.165. The summed E-state index contributed by atoms with van der Waals surface area (Å²) in [5.74, 6) is 2.04. The van der Waals surface area contributed by atoms with E-state index in [0.717, 1.165) is 30.2 Å². The van der Waals surface area contributed by atoms with E-state index in [0.29, 0.717) is 0 Å². The largest absolute Gasteiger partial charge is 0.491 e. The molecule has 1 aliphatic carbocycles. The van der Waals surface area contributed by atoms with Gasteiger partial charge in [0, 0.05) is 11.6 Å². The van der Waals surface area contributed by atoms with E-state index in [9.17, 15) is 4.79 Å². The van der Waals surface area contributed by atoms with Crippen LogP contribution in [0.15, 0.2) is 24.3 Å². The van der Waals surface area contributed by atoms with Crippen LogP contribution in [-0.4, -0.2) is 12.0 Å². The minimum atomic E-state index is 0.165. The highest BCUT2D eigenvalue weighted by Crippen LogP contribution is 2.32. The van der Waals surface area contributed by atoms with Crippen molar-refractivity contribution in [3.63, 3.8) is 0 Å². The van der Waals surface area contributed by atoms with Crippen LogP contribution in [0.25, 0.3) is 0 Å². The molecule has 0 aromatic heterocycles. The molecule has 1 amide bonds. The number of anilines is 1. The van der Waals surface area contributed by atoms with E-state index in [-0.39, 0.29) is 17.9 Å². The molecule has 0 unspecified atom stereocenters. The number of nitrogens with one attached hydrogen (secondary N) is 1. The Morgan fingerprint density at radius 2 is 1.83 bits per heavy atom. The van der Waals surface area contributed by atoms with Crippen molar-refractivity contribution < 1.29 is 9.53 Å². The quantitative estimate of drug-likeness (QED) is 0.730. The van der Waals surface area contributed by atoms with Crippen LogP contribution >= 0.6 is 0 Å². The van der Waals surface area contributed by atoms with Crippen LogP contribution in [0.3, 0.4) is 0 Å². The molecule has 1 aliphatic rings. The Morgan fingerprint density at radius 3 is 2.39 bits per heavy atom. The topological polar surface area (TPSA) is 38.3 Å². The molecule has 3 heteroatoms. The fourth-order valence-corrected chi connectivity index (χ4v) is 3.34. The van der Waals surface area contributed by atoms with Crippen molar-refractivity contribution in [2.75, 3.05) is 5.32 Å². The standard InChI is InChI=1S/C20H31NO2/c1-4-5-6-16-7-9-17(10-8-16)20(22)21-18-11-13-19(14-12-18)23-15(2)3/h11-17H,4-10H2,1-3H3,(H,21,22). The summed E-state index contributed by atoms with van der Waals surface area (Å²) in [5.41, 5.74) is 0.860. The summed E-state index contributed by atoms with van der Waals surface area (Å²) in [5, 5.41) is 3.06. The van der Waals surface area contributed by atoms with E-state index >= 15 is 0 Å². The molecule has 128 valence electrons. The first-order valence-electron chi connectivity index (χ1n) is 9.16. The van der Waals surface area contributed by atoms with Gasteiger partial charge in [-0.2, -0.15) is 0 Å². The molecule has 0 atom stereocenters. The third-order valence-electron chi connectivity index (χ3n) is 4.68. The first-order valence-corrected chi connectivity index (χ1v) is 9.16. The number of carbonyl (C=O) groups excluding carboxylic acids is 1. The third-order valence-corrected chi connectivity index (χ3v) is 4.68. The minimum Gasteiger partial charge on any atom is -0.491 e. The highest BCUT2D eigenvalue weighted by atomic mass is 16.5. The molecule has 0 bridgehead atoms. The molecule has 0 radical (unpaired) electrons. The molecule has 23 heavy (non-hydrogen) atoms. The van der Waals surface area contributed by atoms with Crippen molar-refractivity contribution in [2.45, 2.75) is 71.8 Å². The van der Waals surface area contributed by atoms with Crippen LogP contribution in [-0.2, 0) is 4.79 Å². The Labute approximate surface area is 140 Å². The zero-order chi connectivity index (χ0) is 16.7. The summed E-state index contributed by atoms with van der Waals surface area (Å²) in [4.78, 5) is 12.4. The number of hydrogen-bond acceptors (Lipinski definition) is 2. The van der Waals surface area contributed by atoms with Crippen LogP contribution in [0.4, 0.5) is 5.69 Å². The van der Waals surface area contributed by atoms with Crippen LogP contribution in [0, 0.1) is 11.8 Å². The first kappa shape index (κ1) is 17.8. The zero-order valence-corrected chi connectivity index (χ0v) is 14.8. The lowest BCUT2D eigenvalue weighted by Gasteiger charge is -2.27. The fourth-order valence-electron chi connectivity index (χ4n) is 3.34. The first-order chi connectivity index (χ1) is 11.1. The van der Waals surface area contributed by atoms with Gasteiger partial charge in [-0.15, -0.1) is 0 Å². The lowest BCUT2D eigenvalue weighted by atomic mass is 9.79. The van der Waals surface area contributed by atoms with Gasteiger partial charge in [-0.3, -0.25) is 4.79 Å². The maximum Gasteiger partial charge on any atom is 0.227 e. The van der Waals surface area contributed by atoms with E-state index in [4.69, 9.17) is 4.74 Å². The van der Waals surface area contributed by atoms with Crippen molar-refractivity contribution in [2.24, 2.45) is 11.8 Å². The smallest absolute Gasteiger partial charge is 0.227 e. The van der Waals surface area contributed by atoms with Crippen LogP contribution in [0.5, 0.6) is 5.75 Å². The molecule has 2 rings (SSSR count). The Balaban J connectivity index is 1.78. The van der Waals surface area contributed by atoms with Crippen LogP contribution in [0.2, 0.25) is 0 Å². The number of hydrogen-bond donors (Lipinski definition) is 1. The average molecular weight is 317 g/mol. The number of rotatable bonds is 7. The predicted octanol–water partition coefficient (Wildman–Crippen LogP) is 5.41. The monoisotopic (exact) mass is 317 g/mol. The summed E-state index contributed by atoms with van der Waals surface area (Å²) < 4.78 is 5.62. The molecular weight excluding hydrogens is 286 g/mol. The second-order valence-corrected chi connectivity index (χ2v) is 7.04. The van der Waals surface area contributed by atoms with Crippen molar-refractivity contribution in [1.82, 2.24) is 0 Å². The van der Waals surface area contributed by atoms with Gasteiger partial charge in [0.2, 0.25) is 5.91 Å². The van der Waals surface area contributed by atoms with Gasteiger partial charge < -0.3 is 10.1 Å². The second-order valence-electron chi connectivity index (χ2n) is 7.04. The van der Waals surface area contributed by atoms with Gasteiger partial charge >= 0.3 is 0 Å².